The molecule has 2 bridgehead atoms. The summed E-state index contributed by atoms with van der Waals surface area (Å²) in [6.07, 6.45) is 6.36. The molecular formula is C19H19N3O2S. The quantitative estimate of drug-likeness (QED) is 0.769. The standard InChI is InChI=1S/C19H19N3O2S/c1-22-17-5-3-14(25(23,24)13-6-8-20-9-7-13)11-15(17)19-16-4-2-12(21-16)10-18(19)22/h3,5-9,11-12,16,21H,2,4,10H2,1H3. The van der Waals surface area contributed by atoms with Gasteiger partial charge in [0.15, 0.2) is 0 Å². The number of nitrogens with one attached hydrogen (secondary N) is 1. The average molecular weight is 353 g/mol. The molecule has 2 aliphatic rings. The third-order valence-electron chi connectivity index (χ3n) is 5.63. The van der Waals surface area contributed by atoms with Crippen LogP contribution in [0.5, 0.6) is 0 Å². The Bertz CT molecular complexity index is 1090. The highest BCUT2D eigenvalue weighted by atomic mass is 32.2. The summed E-state index contributed by atoms with van der Waals surface area (Å²) in [6.45, 7) is 0. The molecule has 2 unspecified atom stereocenters. The first-order valence-electron chi connectivity index (χ1n) is 8.58. The fourth-order valence-electron chi connectivity index (χ4n) is 4.40. The molecule has 128 valence electrons. The molecule has 4 heterocycles. The van der Waals surface area contributed by atoms with Crippen molar-refractivity contribution in [2.24, 2.45) is 7.05 Å². The second-order valence-electron chi connectivity index (χ2n) is 6.98. The molecule has 3 aromatic rings. The number of sulfone groups is 1. The summed E-state index contributed by atoms with van der Waals surface area (Å²) in [5, 5.41) is 4.73. The van der Waals surface area contributed by atoms with Gasteiger partial charge in [0.2, 0.25) is 9.84 Å². The van der Waals surface area contributed by atoms with Crippen molar-refractivity contribution < 1.29 is 8.42 Å². The molecule has 1 aromatic carbocycles. The van der Waals surface area contributed by atoms with Gasteiger partial charge >= 0.3 is 0 Å². The van der Waals surface area contributed by atoms with Crippen LogP contribution in [0.3, 0.4) is 0 Å². The van der Waals surface area contributed by atoms with Crippen molar-refractivity contribution in [2.75, 3.05) is 0 Å². The van der Waals surface area contributed by atoms with Gasteiger partial charge in [-0.1, -0.05) is 0 Å². The van der Waals surface area contributed by atoms with Crippen LogP contribution in [-0.2, 0) is 23.3 Å². The molecule has 6 heteroatoms. The van der Waals surface area contributed by atoms with Crippen molar-refractivity contribution in [1.82, 2.24) is 14.9 Å². The van der Waals surface area contributed by atoms with Crippen LogP contribution in [0.1, 0.15) is 30.1 Å². The Balaban J connectivity index is 1.73. The monoisotopic (exact) mass is 353 g/mol. The van der Waals surface area contributed by atoms with Crippen LogP contribution in [0.15, 0.2) is 52.5 Å². The second-order valence-corrected chi connectivity index (χ2v) is 8.93. The molecule has 0 aliphatic carbocycles. The van der Waals surface area contributed by atoms with Crippen LogP contribution in [-0.4, -0.2) is 24.0 Å². The minimum Gasteiger partial charge on any atom is -0.347 e. The molecule has 1 saturated heterocycles. The smallest absolute Gasteiger partial charge is 0.206 e. The summed E-state index contributed by atoms with van der Waals surface area (Å²) in [4.78, 5) is 4.54. The fourth-order valence-corrected chi connectivity index (χ4v) is 5.67. The third kappa shape index (κ3) is 2.10. The molecule has 5 rings (SSSR count). The summed E-state index contributed by atoms with van der Waals surface area (Å²) in [5.41, 5.74) is 3.74. The zero-order chi connectivity index (χ0) is 17.2. The molecule has 2 aliphatic heterocycles. The average Bonchev–Trinajstić information content (AvgIpc) is 3.15. The Morgan fingerprint density at radius 3 is 2.72 bits per heavy atom. The highest BCUT2D eigenvalue weighted by molar-refractivity contribution is 7.91. The lowest BCUT2D eigenvalue weighted by Gasteiger charge is -2.23. The van der Waals surface area contributed by atoms with Crippen LogP contribution in [0.25, 0.3) is 10.9 Å². The Labute approximate surface area is 146 Å². The first-order valence-corrected chi connectivity index (χ1v) is 10.1. The lowest BCUT2D eigenvalue weighted by molar-refractivity contribution is 0.503. The van der Waals surface area contributed by atoms with E-state index in [1.54, 1.807) is 18.2 Å². The van der Waals surface area contributed by atoms with Crippen molar-refractivity contribution in [3.63, 3.8) is 0 Å². The van der Waals surface area contributed by atoms with Gasteiger partial charge in [-0.25, -0.2) is 8.42 Å². The molecule has 2 aromatic heterocycles. The zero-order valence-electron chi connectivity index (χ0n) is 13.9. The normalized spacial score (nSPS) is 22.3. The van der Waals surface area contributed by atoms with Gasteiger partial charge in [0.05, 0.1) is 9.79 Å². The maximum atomic E-state index is 13.0. The molecule has 5 nitrogen and oxygen atoms in total. The van der Waals surface area contributed by atoms with Gasteiger partial charge < -0.3 is 9.88 Å². The molecule has 0 amide bonds. The number of aromatic nitrogens is 2. The Morgan fingerprint density at radius 2 is 1.92 bits per heavy atom. The van der Waals surface area contributed by atoms with E-state index in [1.165, 1.54) is 30.1 Å². The van der Waals surface area contributed by atoms with E-state index in [-0.39, 0.29) is 4.90 Å². The van der Waals surface area contributed by atoms with E-state index < -0.39 is 9.84 Å². The van der Waals surface area contributed by atoms with E-state index in [2.05, 4.69) is 21.9 Å². The van der Waals surface area contributed by atoms with E-state index in [4.69, 9.17) is 0 Å². The molecule has 2 atom stereocenters. The lowest BCUT2D eigenvalue weighted by Crippen LogP contribution is -2.32. The van der Waals surface area contributed by atoms with Gasteiger partial charge in [-0.15, -0.1) is 0 Å². The van der Waals surface area contributed by atoms with E-state index in [0.29, 0.717) is 17.0 Å². The van der Waals surface area contributed by atoms with Gasteiger partial charge in [-0.05, 0) is 48.7 Å². The topological polar surface area (TPSA) is 64.0 Å². The van der Waals surface area contributed by atoms with Crippen molar-refractivity contribution in [1.29, 1.82) is 0 Å². The Hall–Kier alpha value is -2.18. The minimum absolute atomic E-state index is 0.283. The Morgan fingerprint density at radius 1 is 1.12 bits per heavy atom. The number of aryl methyl sites for hydroxylation is 1. The minimum atomic E-state index is -3.53. The van der Waals surface area contributed by atoms with Gasteiger partial charge in [0.25, 0.3) is 0 Å². The van der Waals surface area contributed by atoms with E-state index in [9.17, 15) is 8.42 Å². The number of hydrogen-bond donors (Lipinski definition) is 1. The van der Waals surface area contributed by atoms with Crippen LogP contribution in [0, 0.1) is 0 Å². The summed E-state index contributed by atoms with van der Waals surface area (Å²) >= 11 is 0. The van der Waals surface area contributed by atoms with E-state index in [1.807, 2.05) is 12.1 Å². The maximum Gasteiger partial charge on any atom is 0.206 e. The van der Waals surface area contributed by atoms with Gasteiger partial charge in [-0.2, -0.15) is 0 Å². The summed E-state index contributed by atoms with van der Waals surface area (Å²) in [7, 11) is -1.44. The predicted octanol–water partition coefficient (Wildman–Crippen LogP) is 2.76. The Kier molecular flexibility index (Phi) is 3.12. The highest BCUT2D eigenvalue weighted by Crippen LogP contribution is 2.42. The summed E-state index contributed by atoms with van der Waals surface area (Å²) in [5.74, 6) is 0. The molecule has 0 spiro atoms. The molecule has 1 fully saturated rings. The number of rotatable bonds is 2. The van der Waals surface area contributed by atoms with Gasteiger partial charge in [-0.3, -0.25) is 4.98 Å². The molecular weight excluding hydrogens is 334 g/mol. The highest BCUT2D eigenvalue weighted by Gasteiger charge is 2.36. The SMILES string of the molecule is Cn1c2c(c3cc(S(=O)(=O)c4ccncc4)ccc31)C1CCC(C2)N1. The maximum absolute atomic E-state index is 13.0. The summed E-state index contributed by atoms with van der Waals surface area (Å²) in [6, 6.07) is 9.50. The lowest BCUT2D eigenvalue weighted by atomic mass is 9.99. The largest absolute Gasteiger partial charge is 0.347 e. The zero-order valence-corrected chi connectivity index (χ0v) is 14.8. The van der Waals surface area contributed by atoms with Crippen molar-refractivity contribution in [3.8, 4) is 0 Å². The number of hydrogen-bond acceptors (Lipinski definition) is 4. The van der Waals surface area contributed by atoms with Crippen LogP contribution in [0.4, 0.5) is 0 Å². The molecule has 0 radical (unpaired) electrons. The van der Waals surface area contributed by atoms with Crippen LogP contribution in [0.2, 0.25) is 0 Å². The first-order chi connectivity index (χ1) is 12.1. The second kappa shape index (κ2) is 5.16. The van der Waals surface area contributed by atoms with Crippen molar-refractivity contribution >= 4 is 20.7 Å². The van der Waals surface area contributed by atoms with Crippen molar-refractivity contribution in [3.05, 3.63) is 54.0 Å². The third-order valence-corrected chi connectivity index (χ3v) is 7.40. The molecule has 0 saturated carbocycles. The molecule has 25 heavy (non-hydrogen) atoms. The number of nitrogens with zero attached hydrogens (tertiary/aromatic N) is 2. The van der Waals surface area contributed by atoms with Gasteiger partial charge in [0, 0.05) is 54.5 Å². The number of pyridine rings is 1. The van der Waals surface area contributed by atoms with E-state index in [0.717, 1.165) is 23.7 Å². The predicted molar refractivity (Wildman–Crippen MR) is 95.2 cm³/mol. The first kappa shape index (κ1) is 15.1. The number of benzene rings is 1. The van der Waals surface area contributed by atoms with Gasteiger partial charge in [0.1, 0.15) is 0 Å². The van der Waals surface area contributed by atoms with Crippen LogP contribution >= 0.6 is 0 Å². The van der Waals surface area contributed by atoms with Crippen molar-refractivity contribution in [2.45, 2.75) is 41.1 Å². The fraction of sp³-hybridized carbons (Fsp3) is 0.316. The number of fused-ring (bicyclic) bond motifs is 6. The van der Waals surface area contributed by atoms with E-state index >= 15 is 0 Å². The summed E-state index contributed by atoms with van der Waals surface area (Å²) < 4.78 is 28.2. The van der Waals surface area contributed by atoms with Crippen LogP contribution < -0.4 is 5.32 Å². The molecule has 1 N–H and O–H groups in total.